The van der Waals surface area contributed by atoms with Gasteiger partial charge in [0.1, 0.15) is 11.5 Å². The second-order valence-corrected chi connectivity index (χ2v) is 5.74. The quantitative estimate of drug-likeness (QED) is 0.750. The molecule has 0 atom stereocenters. The van der Waals surface area contributed by atoms with E-state index in [4.69, 9.17) is 0 Å². The molecule has 1 aliphatic rings. The fourth-order valence-corrected chi connectivity index (χ4v) is 3.04. The number of aryl methyl sites for hydroxylation is 2. The highest BCUT2D eigenvalue weighted by Crippen LogP contribution is 2.26. The maximum Gasteiger partial charge on any atom is 0.270 e. The molecule has 1 aromatic carbocycles. The Balaban J connectivity index is 1.70. The van der Waals surface area contributed by atoms with E-state index in [0.29, 0.717) is 24.3 Å². The summed E-state index contributed by atoms with van der Waals surface area (Å²) >= 11 is 0. The molecule has 1 amide bonds. The zero-order chi connectivity index (χ0) is 15.4. The molecule has 112 valence electrons. The van der Waals surface area contributed by atoms with Crippen LogP contribution in [0.4, 0.5) is 4.39 Å². The number of fused-ring (bicyclic) bond motifs is 2. The van der Waals surface area contributed by atoms with Crippen molar-refractivity contribution in [2.45, 2.75) is 20.0 Å². The van der Waals surface area contributed by atoms with Crippen molar-refractivity contribution in [2.24, 2.45) is 7.05 Å². The van der Waals surface area contributed by atoms with Crippen LogP contribution in [-0.2, 0) is 20.1 Å². The van der Waals surface area contributed by atoms with Gasteiger partial charge in [-0.1, -0.05) is 6.07 Å². The fraction of sp³-hybridized carbons (Fsp3) is 0.250. The number of amides is 1. The summed E-state index contributed by atoms with van der Waals surface area (Å²) in [6.07, 6.45) is 1.79. The first-order chi connectivity index (χ1) is 10.5. The lowest BCUT2D eigenvalue weighted by Crippen LogP contribution is -2.26. The van der Waals surface area contributed by atoms with E-state index in [9.17, 15) is 9.18 Å². The SMILES string of the molecule is Cc1ccc(F)c2[nH]c(C(=O)N3Cc4cnn(C)c4C3)cc12. The van der Waals surface area contributed by atoms with E-state index < -0.39 is 0 Å². The molecule has 5 nitrogen and oxygen atoms in total. The molecule has 0 aliphatic carbocycles. The van der Waals surface area contributed by atoms with Gasteiger partial charge < -0.3 is 9.88 Å². The predicted molar refractivity (Wildman–Crippen MR) is 79.8 cm³/mol. The first kappa shape index (κ1) is 13.1. The number of halogens is 1. The Bertz CT molecular complexity index is 869. The van der Waals surface area contributed by atoms with E-state index in [1.54, 1.807) is 27.9 Å². The van der Waals surface area contributed by atoms with Crippen LogP contribution in [0.1, 0.15) is 27.3 Å². The topological polar surface area (TPSA) is 53.9 Å². The molecule has 0 saturated carbocycles. The summed E-state index contributed by atoms with van der Waals surface area (Å²) in [6, 6.07) is 4.87. The van der Waals surface area contributed by atoms with Crippen LogP contribution in [0.15, 0.2) is 24.4 Å². The minimum Gasteiger partial charge on any atom is -0.348 e. The first-order valence-electron chi connectivity index (χ1n) is 7.11. The molecule has 0 saturated heterocycles. The molecular formula is C16H15FN4O. The minimum atomic E-state index is -0.339. The first-order valence-corrected chi connectivity index (χ1v) is 7.11. The van der Waals surface area contributed by atoms with Crippen LogP contribution in [0.5, 0.6) is 0 Å². The number of aromatic nitrogens is 3. The zero-order valence-electron chi connectivity index (χ0n) is 12.4. The molecule has 0 bridgehead atoms. The molecular weight excluding hydrogens is 283 g/mol. The largest absolute Gasteiger partial charge is 0.348 e. The number of nitrogens with zero attached hydrogens (tertiary/aromatic N) is 3. The molecule has 4 rings (SSSR count). The summed E-state index contributed by atoms with van der Waals surface area (Å²) in [7, 11) is 1.87. The van der Waals surface area contributed by atoms with Crippen molar-refractivity contribution in [2.75, 3.05) is 0 Å². The number of carbonyl (C=O) groups is 1. The number of rotatable bonds is 1. The molecule has 0 spiro atoms. The summed E-state index contributed by atoms with van der Waals surface area (Å²) in [5.74, 6) is -0.459. The van der Waals surface area contributed by atoms with Gasteiger partial charge in [0.05, 0.1) is 24.0 Å². The Morgan fingerprint density at radius 1 is 1.36 bits per heavy atom. The Labute approximate surface area is 126 Å². The van der Waals surface area contributed by atoms with Crippen molar-refractivity contribution in [1.82, 2.24) is 19.7 Å². The molecule has 3 heterocycles. The van der Waals surface area contributed by atoms with Gasteiger partial charge in [-0.25, -0.2) is 4.39 Å². The second kappa shape index (κ2) is 4.43. The zero-order valence-corrected chi connectivity index (χ0v) is 12.4. The molecule has 22 heavy (non-hydrogen) atoms. The lowest BCUT2D eigenvalue weighted by molar-refractivity contribution is 0.0743. The van der Waals surface area contributed by atoms with Crippen molar-refractivity contribution >= 4 is 16.8 Å². The lowest BCUT2D eigenvalue weighted by atomic mass is 10.1. The highest BCUT2D eigenvalue weighted by atomic mass is 19.1. The number of aromatic amines is 1. The normalized spacial score (nSPS) is 13.9. The summed E-state index contributed by atoms with van der Waals surface area (Å²) in [5, 5.41) is 4.94. The van der Waals surface area contributed by atoms with Gasteiger partial charge >= 0.3 is 0 Å². The highest BCUT2D eigenvalue weighted by Gasteiger charge is 2.28. The van der Waals surface area contributed by atoms with E-state index in [1.165, 1.54) is 6.07 Å². The van der Waals surface area contributed by atoms with Crippen molar-refractivity contribution in [3.05, 3.63) is 52.7 Å². The number of carbonyl (C=O) groups excluding carboxylic acids is 1. The van der Waals surface area contributed by atoms with Gasteiger partial charge in [0.15, 0.2) is 0 Å². The third-order valence-electron chi connectivity index (χ3n) is 4.33. The van der Waals surface area contributed by atoms with E-state index in [1.807, 2.05) is 14.0 Å². The van der Waals surface area contributed by atoms with Gasteiger partial charge in [-0.05, 0) is 24.6 Å². The number of nitrogens with one attached hydrogen (secondary N) is 1. The standard InChI is InChI=1S/C16H15FN4O/c1-9-3-4-12(17)15-11(9)5-13(19-15)16(22)21-7-10-6-18-20(2)14(10)8-21/h3-6,19H,7-8H2,1-2H3. The van der Waals surface area contributed by atoms with Crippen LogP contribution in [0.3, 0.4) is 0 Å². The third-order valence-corrected chi connectivity index (χ3v) is 4.33. The summed E-state index contributed by atoms with van der Waals surface area (Å²) in [6.45, 7) is 2.97. The van der Waals surface area contributed by atoms with E-state index in [-0.39, 0.29) is 11.7 Å². The Hall–Kier alpha value is -2.63. The summed E-state index contributed by atoms with van der Waals surface area (Å²) in [4.78, 5) is 17.3. The second-order valence-electron chi connectivity index (χ2n) is 5.74. The van der Waals surface area contributed by atoms with Crippen molar-refractivity contribution in [3.8, 4) is 0 Å². The molecule has 0 radical (unpaired) electrons. The van der Waals surface area contributed by atoms with E-state index in [2.05, 4.69) is 10.1 Å². The van der Waals surface area contributed by atoms with Gasteiger partial charge in [0.25, 0.3) is 5.91 Å². The Kier molecular flexibility index (Phi) is 2.63. The van der Waals surface area contributed by atoms with Crippen molar-refractivity contribution in [1.29, 1.82) is 0 Å². The maximum atomic E-state index is 13.9. The van der Waals surface area contributed by atoms with Gasteiger partial charge in [-0.3, -0.25) is 9.48 Å². The predicted octanol–water partition coefficient (Wildman–Crippen LogP) is 2.50. The number of hydrogen-bond donors (Lipinski definition) is 1. The van der Waals surface area contributed by atoms with Crippen LogP contribution < -0.4 is 0 Å². The fourth-order valence-electron chi connectivity index (χ4n) is 3.04. The van der Waals surface area contributed by atoms with Crippen LogP contribution >= 0.6 is 0 Å². The van der Waals surface area contributed by atoms with Crippen molar-refractivity contribution in [3.63, 3.8) is 0 Å². The van der Waals surface area contributed by atoms with Crippen LogP contribution in [-0.4, -0.2) is 25.6 Å². The van der Waals surface area contributed by atoms with Gasteiger partial charge in [-0.2, -0.15) is 5.10 Å². The van der Waals surface area contributed by atoms with Gasteiger partial charge in [0, 0.05) is 24.5 Å². The van der Waals surface area contributed by atoms with Crippen LogP contribution in [0.2, 0.25) is 0 Å². The van der Waals surface area contributed by atoms with E-state index >= 15 is 0 Å². The van der Waals surface area contributed by atoms with Crippen molar-refractivity contribution < 1.29 is 9.18 Å². The average molecular weight is 298 g/mol. The maximum absolute atomic E-state index is 13.9. The number of H-pyrrole nitrogens is 1. The highest BCUT2D eigenvalue weighted by molar-refractivity contribution is 5.99. The van der Waals surface area contributed by atoms with Gasteiger partial charge in [-0.15, -0.1) is 0 Å². The van der Waals surface area contributed by atoms with E-state index in [0.717, 1.165) is 22.2 Å². The molecule has 1 N–H and O–H groups in total. The van der Waals surface area contributed by atoms with Crippen LogP contribution in [0.25, 0.3) is 10.9 Å². The number of hydrogen-bond acceptors (Lipinski definition) is 2. The Morgan fingerprint density at radius 2 is 2.18 bits per heavy atom. The third kappa shape index (κ3) is 1.76. The lowest BCUT2D eigenvalue weighted by Gasteiger charge is -2.14. The number of benzene rings is 1. The molecule has 2 aromatic heterocycles. The minimum absolute atomic E-state index is 0.119. The molecule has 0 fully saturated rings. The van der Waals surface area contributed by atoms with Gasteiger partial charge in [0.2, 0.25) is 0 Å². The average Bonchev–Trinajstić information content (AvgIpc) is 3.18. The molecule has 3 aromatic rings. The summed E-state index contributed by atoms with van der Waals surface area (Å²) in [5.41, 5.74) is 3.87. The smallest absolute Gasteiger partial charge is 0.270 e. The molecule has 6 heteroatoms. The molecule has 1 aliphatic heterocycles. The summed E-state index contributed by atoms with van der Waals surface area (Å²) < 4.78 is 15.7. The Morgan fingerprint density at radius 3 is 2.91 bits per heavy atom. The molecule has 0 unspecified atom stereocenters. The van der Waals surface area contributed by atoms with Crippen LogP contribution in [0, 0.1) is 12.7 Å². The monoisotopic (exact) mass is 298 g/mol.